The quantitative estimate of drug-likeness (QED) is 0.190. The predicted octanol–water partition coefficient (Wildman–Crippen LogP) is 6.25. The van der Waals surface area contributed by atoms with Gasteiger partial charge in [0.25, 0.3) is 11.8 Å². The maximum absolute atomic E-state index is 14.1. The summed E-state index contributed by atoms with van der Waals surface area (Å²) in [5.41, 5.74) is 9.69. The zero-order valence-corrected chi connectivity index (χ0v) is 36.0. The summed E-state index contributed by atoms with van der Waals surface area (Å²) in [5.74, 6) is -1.25. The number of methoxy groups -OCH3 is 1. The van der Waals surface area contributed by atoms with Gasteiger partial charge in [-0.05, 0) is 75.1 Å². The zero-order valence-electron chi connectivity index (χ0n) is 32.2. The lowest BCUT2D eigenvalue weighted by atomic mass is 9.84. The zero-order chi connectivity index (χ0) is 37.3. The molecule has 7 rings (SSSR count). The molecule has 5 aromatic rings. The third-order valence-corrected chi connectivity index (χ3v) is 10.9. The molecule has 4 aromatic heterocycles. The van der Waals surface area contributed by atoms with Crippen LogP contribution in [0.4, 0.5) is 0 Å². The maximum Gasteiger partial charge on any atom is 0.324 e. The van der Waals surface area contributed by atoms with Gasteiger partial charge in [-0.2, -0.15) is 40.5 Å². The van der Waals surface area contributed by atoms with E-state index >= 15 is 0 Å². The molecule has 0 spiro atoms. The van der Waals surface area contributed by atoms with Crippen LogP contribution in [-0.2, 0) is 38.4 Å². The Morgan fingerprint density at radius 1 is 1.11 bits per heavy atom. The summed E-state index contributed by atoms with van der Waals surface area (Å²) in [4.78, 5) is 55.0. The second-order valence-electron chi connectivity index (χ2n) is 14.5. The van der Waals surface area contributed by atoms with Gasteiger partial charge >= 0.3 is 5.97 Å². The minimum Gasteiger partial charge on any atom is -0.464 e. The van der Waals surface area contributed by atoms with E-state index in [2.05, 4.69) is 65.3 Å². The van der Waals surface area contributed by atoms with Crippen molar-refractivity contribution >= 4 is 80.5 Å². The van der Waals surface area contributed by atoms with Crippen LogP contribution in [0.1, 0.15) is 73.4 Å². The van der Waals surface area contributed by atoms with Crippen LogP contribution < -0.4 is 10.7 Å². The maximum atomic E-state index is 14.1. The molecule has 1 aromatic carbocycles. The minimum absolute atomic E-state index is 0. The molecule has 2 aliphatic rings. The second kappa shape index (κ2) is 19.0. The molecule has 3 atom stereocenters. The molecule has 1 fully saturated rings. The molecule has 0 radical (unpaired) electrons. The van der Waals surface area contributed by atoms with E-state index in [0.717, 1.165) is 51.2 Å². The number of carbonyl (C=O) groups is 3. The molecule has 0 saturated carbocycles. The number of nitrogens with one attached hydrogen (secondary N) is 2. The van der Waals surface area contributed by atoms with Crippen LogP contribution in [0, 0.1) is 5.41 Å². The van der Waals surface area contributed by atoms with Crippen LogP contribution in [0.15, 0.2) is 66.3 Å². The molecular weight excluding hydrogens is 787 g/mol. The molecule has 12 nitrogen and oxygen atoms in total. The number of aryl methyl sites for hydroxylation is 1. The van der Waals surface area contributed by atoms with Gasteiger partial charge in [0, 0.05) is 71.8 Å². The van der Waals surface area contributed by atoms with Crippen molar-refractivity contribution < 1.29 is 23.9 Å². The summed E-state index contributed by atoms with van der Waals surface area (Å²) in [6.07, 6.45) is 4.99. The summed E-state index contributed by atoms with van der Waals surface area (Å²) < 4.78 is 14.1. The van der Waals surface area contributed by atoms with E-state index in [1.807, 2.05) is 18.4 Å². The molecule has 56 heavy (non-hydrogen) atoms. The number of hydrazine groups is 1. The molecule has 1 saturated heterocycles. The molecule has 0 unspecified atom stereocenters. The van der Waals surface area contributed by atoms with Crippen molar-refractivity contribution in [3.8, 4) is 22.5 Å². The van der Waals surface area contributed by atoms with Crippen molar-refractivity contribution in [3.63, 3.8) is 0 Å². The fourth-order valence-electron chi connectivity index (χ4n) is 7.29. The summed E-state index contributed by atoms with van der Waals surface area (Å²) in [6, 6.07) is 13.8. The first-order valence-electron chi connectivity index (χ1n) is 18.1. The van der Waals surface area contributed by atoms with Crippen LogP contribution in [0.3, 0.4) is 0 Å². The average Bonchev–Trinajstić information content (AvgIpc) is 3.77. The van der Waals surface area contributed by atoms with E-state index in [0.29, 0.717) is 30.8 Å². The Morgan fingerprint density at radius 2 is 1.89 bits per heavy atom. The lowest BCUT2D eigenvalue weighted by Crippen LogP contribution is -2.60. The molecule has 6 bridgehead atoms. The number of esters is 1. The van der Waals surface area contributed by atoms with Gasteiger partial charge in [0.05, 0.1) is 34.8 Å². The Labute approximate surface area is 352 Å². The number of carbonyl (C=O) groups excluding carboxylic acids is 3. The minimum atomic E-state index is -0.956. The van der Waals surface area contributed by atoms with Gasteiger partial charge in [-0.3, -0.25) is 29.4 Å². The van der Waals surface area contributed by atoms with Crippen molar-refractivity contribution in [2.75, 3.05) is 20.3 Å². The fourth-order valence-corrected chi connectivity index (χ4v) is 8.14. The molecule has 2 N–H and O–H groups in total. The van der Waals surface area contributed by atoms with Crippen molar-refractivity contribution in [1.82, 2.24) is 35.3 Å². The first-order valence-corrected chi connectivity index (χ1v) is 19.0. The van der Waals surface area contributed by atoms with Crippen molar-refractivity contribution in [3.05, 3.63) is 88.3 Å². The smallest absolute Gasteiger partial charge is 0.324 e. The van der Waals surface area contributed by atoms with Gasteiger partial charge in [-0.25, -0.2) is 10.4 Å². The number of aromatic nitrogens is 4. The van der Waals surface area contributed by atoms with Crippen molar-refractivity contribution in [2.24, 2.45) is 5.41 Å². The Kier molecular flexibility index (Phi) is 15.2. The number of pyridine rings is 2. The summed E-state index contributed by atoms with van der Waals surface area (Å²) in [5, 5.41) is 8.10. The normalized spacial score (nSPS) is 18.7. The SMILES string of the molecule is CCn1c(-c2cccnc2[C@H](C)OC)c2c3cc(ccc31)-c1csc(n1)C[C@H](NC(=O)c1ccccn1)C(=O)N1CCC[C@H](N1)C(=O)OCC(C)(C)C2.S.S.S. The molecule has 300 valence electrons. The number of hydrogen-bond acceptors (Lipinski definition) is 10. The number of thiazole rings is 1. The third kappa shape index (κ3) is 9.27. The summed E-state index contributed by atoms with van der Waals surface area (Å²) >= 11 is 1.44. The number of ether oxygens (including phenoxy) is 2. The van der Waals surface area contributed by atoms with Gasteiger partial charge in [0.15, 0.2) is 0 Å². The third-order valence-electron chi connectivity index (χ3n) is 10.0. The highest BCUT2D eigenvalue weighted by Crippen LogP contribution is 2.42. The van der Waals surface area contributed by atoms with Crippen LogP contribution in [0.5, 0.6) is 0 Å². The highest BCUT2D eigenvalue weighted by atomic mass is 32.1. The van der Waals surface area contributed by atoms with Gasteiger partial charge < -0.3 is 19.4 Å². The van der Waals surface area contributed by atoms with Crippen LogP contribution in [-0.4, -0.2) is 74.7 Å². The average molecular weight is 838 g/mol. The lowest BCUT2D eigenvalue weighted by Gasteiger charge is -2.35. The second-order valence-corrected chi connectivity index (χ2v) is 15.4. The Balaban J connectivity index is 0.00000232. The van der Waals surface area contributed by atoms with Gasteiger partial charge in [0.2, 0.25) is 0 Å². The van der Waals surface area contributed by atoms with Gasteiger partial charge in [-0.1, -0.05) is 26.0 Å². The molecular formula is C40H51N7O5S4. The van der Waals surface area contributed by atoms with Crippen LogP contribution in [0.2, 0.25) is 0 Å². The predicted molar refractivity (Wildman–Crippen MR) is 234 cm³/mol. The number of cyclic esters (lactones) is 1. The number of fused-ring (bicyclic) bond motifs is 6. The molecule has 16 heteroatoms. The fraction of sp³-hybridized carbons (Fsp3) is 0.400. The number of nitrogens with zero attached hydrogens (tertiary/aromatic N) is 5. The number of amides is 2. The highest BCUT2D eigenvalue weighted by molar-refractivity contribution is 7.59. The Bertz CT molecular complexity index is 2160. The Hall–Kier alpha value is -3.93. The van der Waals surface area contributed by atoms with Crippen LogP contribution >= 0.6 is 51.8 Å². The molecule has 2 amide bonds. The van der Waals surface area contributed by atoms with E-state index in [9.17, 15) is 14.4 Å². The van der Waals surface area contributed by atoms with E-state index in [4.69, 9.17) is 19.4 Å². The lowest BCUT2D eigenvalue weighted by molar-refractivity contribution is -0.155. The van der Waals surface area contributed by atoms with E-state index < -0.39 is 29.4 Å². The van der Waals surface area contributed by atoms with Crippen LogP contribution in [0.25, 0.3) is 33.4 Å². The first-order chi connectivity index (χ1) is 25.6. The Morgan fingerprint density at radius 3 is 2.62 bits per heavy atom. The van der Waals surface area contributed by atoms with E-state index in [1.165, 1.54) is 22.5 Å². The van der Waals surface area contributed by atoms with Crippen molar-refractivity contribution in [1.29, 1.82) is 0 Å². The molecule has 0 aliphatic carbocycles. The first kappa shape index (κ1) is 44.8. The summed E-state index contributed by atoms with van der Waals surface area (Å²) in [7, 11) is 1.69. The molecule has 6 heterocycles. The summed E-state index contributed by atoms with van der Waals surface area (Å²) in [6.45, 7) is 9.63. The van der Waals surface area contributed by atoms with Gasteiger partial charge in [0.1, 0.15) is 17.8 Å². The topological polar surface area (TPSA) is 141 Å². The largest absolute Gasteiger partial charge is 0.464 e. The van der Waals surface area contributed by atoms with E-state index in [-0.39, 0.29) is 71.2 Å². The monoisotopic (exact) mass is 837 g/mol. The number of hydrogen-bond donors (Lipinski definition) is 2. The van der Waals surface area contributed by atoms with Gasteiger partial charge in [-0.15, -0.1) is 11.3 Å². The van der Waals surface area contributed by atoms with E-state index in [1.54, 1.807) is 31.5 Å². The number of rotatable bonds is 6. The highest BCUT2D eigenvalue weighted by Gasteiger charge is 2.36. The standard InChI is InChI=1S/C40H45N7O5S.3H2S/c1-6-46-33-15-14-25-19-27(33)28(36(46)26-11-9-17-42-35(26)24(2)51-5)21-40(3,4)23-52-39(50)30-13-10-18-47(45-30)38(49)31(20-34-43-32(25)22-53-34)44-37(48)29-12-7-8-16-41-29;;;/h7-9,11-12,14-17,19,22,24,30-31,45H,6,10,13,18,20-21,23H2,1-5H3,(H,44,48);3*1H2/t24-,30-,31-;;;/m0.../s1. The van der Waals surface area contributed by atoms with Crippen molar-refractivity contribution in [2.45, 2.75) is 78.1 Å². The molecule has 2 aliphatic heterocycles. The number of benzene rings is 1.